The van der Waals surface area contributed by atoms with E-state index in [1.807, 2.05) is 19.1 Å². The van der Waals surface area contributed by atoms with Crippen molar-refractivity contribution in [3.8, 4) is 22.3 Å². The van der Waals surface area contributed by atoms with Crippen molar-refractivity contribution in [3.05, 3.63) is 66.2 Å². The van der Waals surface area contributed by atoms with Gasteiger partial charge in [0, 0.05) is 28.1 Å². The van der Waals surface area contributed by atoms with E-state index in [1.54, 1.807) is 25.2 Å². The summed E-state index contributed by atoms with van der Waals surface area (Å²) in [6.07, 6.45) is 0.463. The van der Waals surface area contributed by atoms with Gasteiger partial charge in [0.2, 0.25) is 0 Å². The van der Waals surface area contributed by atoms with Crippen molar-refractivity contribution in [2.24, 2.45) is 0 Å². The minimum atomic E-state index is -1.11. The highest BCUT2D eigenvalue weighted by Gasteiger charge is 2.43. The summed E-state index contributed by atoms with van der Waals surface area (Å²) >= 11 is 1.78. The average molecular weight is 435 g/mol. The fourth-order valence-electron chi connectivity index (χ4n) is 5.06. The maximum absolute atomic E-state index is 10.6. The van der Waals surface area contributed by atoms with E-state index in [2.05, 4.69) is 48.5 Å². The molecule has 4 heteroatoms. The molecule has 1 aliphatic carbocycles. The van der Waals surface area contributed by atoms with Crippen molar-refractivity contribution in [3.63, 3.8) is 0 Å². The van der Waals surface area contributed by atoms with Crippen LogP contribution in [0.15, 0.2) is 60.7 Å². The third-order valence-corrected chi connectivity index (χ3v) is 8.30. The van der Waals surface area contributed by atoms with E-state index < -0.39 is 11.2 Å². The fraction of sp³-hybridized carbons (Fsp3) is 0.214. The fourth-order valence-corrected chi connectivity index (χ4v) is 6.26. The topological polar surface area (TPSA) is 43.1 Å². The molecule has 0 bridgehead atoms. The molecule has 1 unspecified atom stereocenters. The molecule has 0 aliphatic heterocycles. The summed E-state index contributed by atoms with van der Waals surface area (Å²) in [6, 6.07) is 21.5. The molecule has 5 aromatic rings. The second-order valence-electron chi connectivity index (χ2n) is 9.80. The predicted octanol–water partition coefficient (Wildman–Crippen LogP) is 5.45. The lowest BCUT2D eigenvalue weighted by atomic mass is 9.81. The minimum Gasteiger partial charge on any atom is -0.439 e. The van der Waals surface area contributed by atoms with E-state index >= 15 is 0 Å². The molecule has 0 saturated heterocycles. The van der Waals surface area contributed by atoms with E-state index in [9.17, 15) is 5.11 Å². The third-order valence-electron chi connectivity index (χ3n) is 7.20. The molecule has 1 atom stereocenters. The molecule has 4 aromatic carbocycles. The zero-order chi connectivity index (χ0) is 22.4. The van der Waals surface area contributed by atoms with Crippen molar-refractivity contribution >= 4 is 55.6 Å². The van der Waals surface area contributed by atoms with Gasteiger partial charge >= 0.3 is 0 Å². The number of aliphatic hydroxyl groups is 1. The van der Waals surface area contributed by atoms with E-state index in [-0.39, 0.29) is 0 Å². The Morgan fingerprint density at radius 3 is 2.19 bits per heavy atom. The molecule has 32 heavy (non-hydrogen) atoms. The Morgan fingerprint density at radius 1 is 0.812 bits per heavy atom. The zero-order valence-corrected chi connectivity index (χ0v) is 19.2. The van der Waals surface area contributed by atoms with Gasteiger partial charge in [0.05, 0.1) is 0 Å². The first kappa shape index (κ1) is 20.0. The van der Waals surface area contributed by atoms with Crippen LogP contribution >= 0.6 is 11.3 Å². The van der Waals surface area contributed by atoms with Gasteiger partial charge in [0.1, 0.15) is 13.4 Å². The van der Waals surface area contributed by atoms with Gasteiger partial charge in [-0.05, 0) is 70.0 Å². The summed E-state index contributed by atoms with van der Waals surface area (Å²) in [7, 11) is 6.47. The van der Waals surface area contributed by atoms with Crippen LogP contribution in [0.3, 0.4) is 0 Å². The van der Waals surface area contributed by atoms with E-state index in [0.29, 0.717) is 6.42 Å². The normalized spacial score (nSPS) is 14.9. The molecule has 2 nitrogen and oxygen atoms in total. The van der Waals surface area contributed by atoms with Crippen molar-refractivity contribution in [1.82, 2.24) is 0 Å². The maximum atomic E-state index is 10.6. The lowest BCUT2D eigenvalue weighted by Crippen LogP contribution is -2.49. The largest absolute Gasteiger partial charge is 0.439 e. The molecule has 2 radical (unpaired) electrons. The van der Waals surface area contributed by atoms with Crippen molar-refractivity contribution in [2.75, 3.05) is 0 Å². The monoisotopic (exact) mass is 435 g/mol. The van der Waals surface area contributed by atoms with Gasteiger partial charge in [-0.2, -0.15) is 0 Å². The van der Waals surface area contributed by atoms with Crippen LogP contribution in [0.2, 0.25) is 0 Å². The summed E-state index contributed by atoms with van der Waals surface area (Å²) < 4.78 is 2.43. The van der Waals surface area contributed by atoms with Crippen LogP contribution in [0.25, 0.3) is 53.2 Å². The first-order chi connectivity index (χ1) is 15.2. The van der Waals surface area contributed by atoms with Gasteiger partial charge < -0.3 is 10.2 Å². The van der Waals surface area contributed by atoms with E-state index in [1.165, 1.54) is 47.8 Å². The lowest BCUT2D eigenvalue weighted by molar-refractivity contribution is -0.118. The molecule has 0 saturated carbocycles. The molecule has 1 aliphatic rings. The summed E-state index contributed by atoms with van der Waals surface area (Å²) in [5.41, 5.74) is 4.71. The highest BCUT2D eigenvalue weighted by molar-refractivity contribution is 7.26. The van der Waals surface area contributed by atoms with Crippen LogP contribution in [0.1, 0.15) is 26.3 Å². The van der Waals surface area contributed by atoms with Gasteiger partial charge in [-0.15, -0.1) is 11.3 Å². The Labute approximate surface area is 192 Å². The molecule has 1 heterocycles. The SMILES string of the molecule is [B]c1cccc2sc3cc4c5c(cc(CC(C)([OH2+])C(C)(C)O)cc5c3c12)-c1ccccc1-4. The Hall–Kier alpha value is -2.66. The minimum absolute atomic E-state index is 0.463. The number of rotatable bonds is 3. The van der Waals surface area contributed by atoms with Gasteiger partial charge in [-0.3, -0.25) is 0 Å². The van der Waals surface area contributed by atoms with Crippen LogP contribution in [0, 0.1) is 0 Å². The number of fused-ring (bicyclic) bond motifs is 7. The van der Waals surface area contributed by atoms with Gasteiger partial charge in [0.15, 0.2) is 5.60 Å². The number of benzene rings is 4. The Kier molecular flexibility index (Phi) is 4.03. The highest BCUT2D eigenvalue weighted by Crippen LogP contribution is 2.52. The molecule has 0 amide bonds. The number of hydrogen-bond acceptors (Lipinski definition) is 2. The van der Waals surface area contributed by atoms with Crippen molar-refractivity contribution < 1.29 is 10.2 Å². The molecule has 3 N–H and O–H groups in total. The van der Waals surface area contributed by atoms with Crippen LogP contribution < -0.4 is 5.46 Å². The van der Waals surface area contributed by atoms with Crippen molar-refractivity contribution in [2.45, 2.75) is 38.4 Å². The molecule has 0 fully saturated rings. The first-order valence-electron chi connectivity index (χ1n) is 10.9. The third kappa shape index (κ3) is 2.67. The standard InChI is InChI=1S/C28H23BO2S/c1-27(2,30)28(3,31)14-15-11-18-16-7-4-5-8-17(16)19-13-23-25(20(12-15)24(18)19)26-21(29)9-6-10-22(26)32-23/h4-13,30-31H,14H2,1-3H3/p+1. The molecule has 1 aromatic heterocycles. The lowest BCUT2D eigenvalue weighted by Gasteiger charge is -2.31. The first-order valence-corrected chi connectivity index (χ1v) is 11.7. The summed E-state index contributed by atoms with van der Waals surface area (Å²) in [5.74, 6) is 0. The highest BCUT2D eigenvalue weighted by atomic mass is 32.1. The summed E-state index contributed by atoms with van der Waals surface area (Å²) in [6.45, 7) is 5.26. The van der Waals surface area contributed by atoms with Crippen molar-refractivity contribution in [1.29, 1.82) is 0 Å². The number of hydrogen-bond donors (Lipinski definition) is 1. The maximum Gasteiger partial charge on any atom is 0.193 e. The van der Waals surface area contributed by atoms with Crippen LogP contribution in [-0.2, 0) is 6.42 Å². The summed E-state index contributed by atoms with van der Waals surface area (Å²) in [5, 5.41) is 24.2. The smallest absolute Gasteiger partial charge is 0.193 e. The molecular formula is C28H24BO2S+. The average Bonchev–Trinajstić information content (AvgIpc) is 3.25. The molecule has 0 spiro atoms. The van der Waals surface area contributed by atoms with E-state index in [4.69, 9.17) is 13.0 Å². The molecule has 6 rings (SSSR count). The molecule has 156 valence electrons. The quantitative estimate of drug-likeness (QED) is 0.292. The van der Waals surface area contributed by atoms with E-state index in [0.717, 1.165) is 16.4 Å². The Morgan fingerprint density at radius 2 is 1.50 bits per heavy atom. The second-order valence-corrected chi connectivity index (χ2v) is 10.9. The Bertz CT molecular complexity index is 1570. The van der Waals surface area contributed by atoms with Crippen LogP contribution in [0.5, 0.6) is 0 Å². The van der Waals surface area contributed by atoms with Crippen LogP contribution in [0.4, 0.5) is 0 Å². The second kappa shape index (κ2) is 6.45. The summed E-state index contributed by atoms with van der Waals surface area (Å²) in [4.78, 5) is 0. The van der Waals surface area contributed by atoms with Gasteiger partial charge in [-0.1, -0.05) is 54.0 Å². The van der Waals surface area contributed by atoms with Crippen LogP contribution in [-0.4, -0.2) is 29.3 Å². The predicted molar refractivity (Wildman–Crippen MR) is 139 cm³/mol. The zero-order valence-electron chi connectivity index (χ0n) is 18.4. The molecular weight excluding hydrogens is 411 g/mol. The van der Waals surface area contributed by atoms with Gasteiger partial charge in [-0.25, -0.2) is 0 Å². The van der Waals surface area contributed by atoms with Gasteiger partial charge in [0.25, 0.3) is 0 Å². The number of thiophene rings is 1. The Balaban J connectivity index is 1.76.